The number of aliphatic hydroxyl groups is 2. The van der Waals surface area contributed by atoms with Crippen molar-refractivity contribution < 1.29 is 24.5 Å². The molecule has 4 N–H and O–H groups in total. The number of hydrogen-bond donors (Lipinski definition) is 4. The Morgan fingerprint density at radius 3 is 2.43 bits per heavy atom. The summed E-state index contributed by atoms with van der Waals surface area (Å²) in [6.45, 7) is 2.66. The molecule has 4 rings (SSSR count). The molecule has 37 heavy (non-hydrogen) atoms. The van der Waals surface area contributed by atoms with E-state index in [1.807, 2.05) is 78.9 Å². The lowest BCUT2D eigenvalue weighted by atomic mass is 9.91. The largest absolute Gasteiger partial charge is 0.396 e. The first-order chi connectivity index (χ1) is 18.1. The quantitative estimate of drug-likeness (QED) is 0.279. The molecule has 0 aromatic heterocycles. The molecule has 0 aliphatic carbocycles. The third-order valence-electron chi connectivity index (χ3n) is 6.35. The van der Waals surface area contributed by atoms with Gasteiger partial charge in [0, 0.05) is 35.2 Å². The van der Waals surface area contributed by atoms with Gasteiger partial charge in [0.2, 0.25) is 0 Å². The minimum atomic E-state index is -0.618. The molecule has 196 valence electrons. The van der Waals surface area contributed by atoms with Gasteiger partial charge in [-0.2, -0.15) is 11.8 Å². The van der Waals surface area contributed by atoms with Crippen LogP contribution in [0.5, 0.6) is 0 Å². The van der Waals surface area contributed by atoms with Crippen molar-refractivity contribution in [3.8, 4) is 0 Å². The van der Waals surface area contributed by atoms with Gasteiger partial charge in [0.25, 0.3) is 0 Å². The zero-order valence-corrected chi connectivity index (χ0v) is 21.7. The normalized spacial score (nSPS) is 21.4. The molecule has 1 fully saturated rings. The van der Waals surface area contributed by atoms with E-state index in [1.165, 1.54) is 0 Å². The predicted octanol–water partition coefficient (Wildman–Crippen LogP) is 5.02. The number of hydrogen-bond acceptors (Lipinski definition) is 6. The van der Waals surface area contributed by atoms with Crippen LogP contribution in [0.15, 0.2) is 78.9 Å². The molecule has 3 aromatic rings. The molecule has 1 heterocycles. The van der Waals surface area contributed by atoms with E-state index in [9.17, 15) is 15.0 Å². The van der Waals surface area contributed by atoms with Gasteiger partial charge >= 0.3 is 6.03 Å². The molecule has 0 saturated carbocycles. The number of carbonyl (C=O) groups excluding carboxylic acids is 1. The van der Waals surface area contributed by atoms with Crippen LogP contribution in [0.1, 0.15) is 41.6 Å². The zero-order chi connectivity index (χ0) is 26.0. The Kier molecular flexibility index (Phi) is 9.99. The van der Waals surface area contributed by atoms with Crippen LogP contribution in [0.4, 0.5) is 10.5 Å². The van der Waals surface area contributed by atoms with Crippen LogP contribution in [0.25, 0.3) is 0 Å². The summed E-state index contributed by atoms with van der Waals surface area (Å²) in [5.41, 5.74) is 4.34. The summed E-state index contributed by atoms with van der Waals surface area (Å²) in [4.78, 5) is 12.5. The van der Waals surface area contributed by atoms with Crippen LogP contribution < -0.4 is 10.6 Å². The molecule has 1 aliphatic heterocycles. The maximum atomic E-state index is 12.5. The second-order valence-corrected chi connectivity index (χ2v) is 10.2. The maximum absolute atomic E-state index is 12.5. The van der Waals surface area contributed by atoms with Crippen molar-refractivity contribution in [1.29, 1.82) is 0 Å². The van der Waals surface area contributed by atoms with Gasteiger partial charge in [0.05, 0.1) is 25.4 Å². The molecule has 2 amide bonds. The summed E-state index contributed by atoms with van der Waals surface area (Å²) < 4.78 is 12.9. The van der Waals surface area contributed by atoms with Crippen LogP contribution in [0.3, 0.4) is 0 Å². The highest BCUT2D eigenvalue weighted by Crippen LogP contribution is 2.42. The molecule has 3 aromatic carbocycles. The second kappa shape index (κ2) is 13.6. The molecule has 0 spiro atoms. The lowest BCUT2D eigenvalue weighted by molar-refractivity contribution is -0.268. The fraction of sp³-hybridized carbons (Fsp3) is 0.345. The summed E-state index contributed by atoms with van der Waals surface area (Å²) >= 11 is 1.65. The van der Waals surface area contributed by atoms with Gasteiger partial charge in [-0.25, -0.2) is 4.79 Å². The van der Waals surface area contributed by atoms with Gasteiger partial charge in [-0.05, 0) is 28.8 Å². The molecule has 1 saturated heterocycles. The van der Waals surface area contributed by atoms with E-state index < -0.39 is 6.29 Å². The monoisotopic (exact) mass is 522 g/mol. The summed E-state index contributed by atoms with van der Waals surface area (Å²) in [6.07, 6.45) is -0.923. The number of aliphatic hydroxyl groups excluding tert-OH is 2. The van der Waals surface area contributed by atoms with Crippen LogP contribution >= 0.6 is 11.8 Å². The van der Waals surface area contributed by atoms with Crippen LogP contribution in [0, 0.1) is 5.92 Å². The summed E-state index contributed by atoms with van der Waals surface area (Å²) in [5, 5.41) is 24.4. The average molecular weight is 523 g/mol. The minimum absolute atomic E-state index is 0.00770. The number of urea groups is 1. The van der Waals surface area contributed by atoms with Gasteiger partial charge in [-0.15, -0.1) is 0 Å². The lowest BCUT2D eigenvalue weighted by Gasteiger charge is -2.41. The number of amides is 2. The van der Waals surface area contributed by atoms with E-state index in [-0.39, 0.29) is 37.4 Å². The summed E-state index contributed by atoms with van der Waals surface area (Å²) in [6, 6.07) is 24.7. The van der Waals surface area contributed by atoms with Gasteiger partial charge in [-0.3, -0.25) is 0 Å². The van der Waals surface area contributed by atoms with Crippen molar-refractivity contribution >= 4 is 23.5 Å². The Morgan fingerprint density at radius 1 is 0.919 bits per heavy atom. The molecule has 8 heteroatoms. The number of nitrogens with one attached hydrogen (secondary N) is 2. The van der Waals surface area contributed by atoms with Crippen molar-refractivity contribution in [3.63, 3.8) is 0 Å². The highest BCUT2D eigenvalue weighted by Gasteiger charge is 2.38. The van der Waals surface area contributed by atoms with Crippen molar-refractivity contribution in [1.82, 2.24) is 5.32 Å². The number of thioether (sulfide) groups is 1. The van der Waals surface area contributed by atoms with Gasteiger partial charge in [0.15, 0.2) is 6.29 Å². The first-order valence-corrected chi connectivity index (χ1v) is 13.6. The fourth-order valence-corrected chi connectivity index (χ4v) is 5.20. The average Bonchev–Trinajstić information content (AvgIpc) is 2.94. The molecular weight excluding hydrogens is 488 g/mol. The van der Waals surface area contributed by atoms with Crippen LogP contribution in [-0.4, -0.2) is 40.5 Å². The molecule has 0 bridgehead atoms. The van der Waals surface area contributed by atoms with Gasteiger partial charge < -0.3 is 30.3 Å². The molecule has 7 nitrogen and oxygen atoms in total. The number of benzene rings is 3. The number of carbonyl (C=O) groups is 1. The second-order valence-electron chi connectivity index (χ2n) is 9.04. The number of rotatable bonds is 10. The van der Waals surface area contributed by atoms with Crippen LogP contribution in [-0.2, 0) is 22.6 Å². The van der Waals surface area contributed by atoms with E-state index in [0.29, 0.717) is 18.0 Å². The third-order valence-corrected chi connectivity index (χ3v) is 7.39. The number of anilines is 1. The Balaban J connectivity index is 1.47. The van der Waals surface area contributed by atoms with E-state index in [2.05, 4.69) is 17.6 Å². The van der Waals surface area contributed by atoms with Crippen molar-refractivity contribution in [2.24, 2.45) is 5.92 Å². The topological polar surface area (TPSA) is 100 Å². The first kappa shape index (κ1) is 27.2. The van der Waals surface area contributed by atoms with E-state index in [1.54, 1.807) is 11.8 Å². The fourth-order valence-electron chi connectivity index (χ4n) is 4.29. The van der Waals surface area contributed by atoms with E-state index in [4.69, 9.17) is 9.47 Å². The Labute approximate surface area is 222 Å². The molecular formula is C29H34N2O5S. The first-order valence-electron chi connectivity index (χ1n) is 12.5. The maximum Gasteiger partial charge on any atom is 0.319 e. The van der Waals surface area contributed by atoms with Crippen molar-refractivity contribution in [2.75, 3.05) is 23.4 Å². The minimum Gasteiger partial charge on any atom is -0.396 e. The number of ether oxygens (including phenoxy) is 2. The Morgan fingerprint density at radius 2 is 1.70 bits per heavy atom. The molecule has 0 radical (unpaired) electrons. The SMILES string of the molecule is C[C@@H]1[C@H](CSCCO)O[C@H](c2cccc(NC(=O)NCc3ccccc3)c2)O[C@@H]1c1ccc(CO)cc1. The Hall–Kier alpha value is -2.88. The Bertz CT molecular complexity index is 1130. The lowest BCUT2D eigenvalue weighted by Crippen LogP contribution is -2.38. The van der Waals surface area contributed by atoms with E-state index in [0.717, 1.165) is 28.0 Å². The smallest absolute Gasteiger partial charge is 0.319 e. The summed E-state index contributed by atoms with van der Waals surface area (Å²) in [7, 11) is 0. The zero-order valence-electron chi connectivity index (χ0n) is 20.9. The van der Waals surface area contributed by atoms with Crippen molar-refractivity contribution in [3.05, 3.63) is 101 Å². The van der Waals surface area contributed by atoms with Crippen LogP contribution in [0.2, 0.25) is 0 Å². The van der Waals surface area contributed by atoms with Gasteiger partial charge in [-0.1, -0.05) is 73.7 Å². The standard InChI is InChI=1S/C29H34N2O5S/c1-20-26(19-37-15-14-32)35-28(36-27(20)23-12-10-22(18-33)11-13-23)24-8-5-9-25(16-24)31-29(34)30-17-21-6-3-2-4-7-21/h2-13,16,20,26-28,32-33H,14-15,17-19H2,1H3,(H2,30,31,34)/t20-,26+,27+,28+/m1/s1. The molecule has 4 atom stereocenters. The highest BCUT2D eigenvalue weighted by atomic mass is 32.2. The van der Waals surface area contributed by atoms with Crippen molar-refractivity contribution in [2.45, 2.75) is 38.6 Å². The third kappa shape index (κ3) is 7.56. The van der Waals surface area contributed by atoms with E-state index >= 15 is 0 Å². The van der Waals surface area contributed by atoms with Gasteiger partial charge in [0.1, 0.15) is 0 Å². The highest BCUT2D eigenvalue weighted by molar-refractivity contribution is 7.99. The molecule has 0 unspecified atom stereocenters. The summed E-state index contributed by atoms with van der Waals surface area (Å²) in [5.74, 6) is 1.45. The predicted molar refractivity (Wildman–Crippen MR) is 146 cm³/mol. The molecule has 1 aliphatic rings.